The van der Waals surface area contributed by atoms with Crippen LogP contribution in [-0.4, -0.2) is 193 Å². The van der Waals surface area contributed by atoms with Gasteiger partial charge < -0.3 is 89.9 Å². The predicted molar refractivity (Wildman–Crippen MR) is 387 cm³/mol. The third-order valence-electron chi connectivity index (χ3n) is 17.3. The molecule has 3 rings (SSSR count). The normalized spacial score (nSPS) is 27.6. The van der Waals surface area contributed by atoms with Crippen molar-refractivity contribution in [3.8, 4) is 0 Å². The predicted octanol–water partition coefficient (Wildman–Crippen LogP) is 11.1. The quantitative estimate of drug-likeness (QED) is 0.0199. The molecule has 0 aromatic carbocycles. The Morgan fingerprint density at radius 1 is 0.378 bits per heavy atom. The fraction of sp³-hybridized carbons (Fsp3) is 0.684. The topological polar surface area (TPSA) is 307 Å². The first-order valence-corrected chi connectivity index (χ1v) is 37.1. The second kappa shape index (κ2) is 58.2. The van der Waals surface area contributed by atoms with E-state index in [4.69, 9.17) is 28.4 Å². The van der Waals surface area contributed by atoms with Crippen LogP contribution < -0.4 is 5.32 Å². The summed E-state index contributed by atoms with van der Waals surface area (Å²) in [7, 11) is 0. The van der Waals surface area contributed by atoms with Crippen LogP contribution >= 0.6 is 0 Å². The molecule has 19 nitrogen and oxygen atoms in total. The molecule has 3 saturated heterocycles. The van der Waals surface area contributed by atoms with Crippen LogP contribution in [0.5, 0.6) is 0 Å². The molecule has 3 heterocycles. The van der Waals surface area contributed by atoms with E-state index >= 15 is 0 Å². The van der Waals surface area contributed by atoms with Crippen LogP contribution in [0.3, 0.4) is 0 Å². The van der Waals surface area contributed by atoms with E-state index in [9.17, 15) is 61.0 Å². The summed E-state index contributed by atoms with van der Waals surface area (Å²) < 4.78 is 34.3. The minimum atomic E-state index is -1.99. The maximum atomic E-state index is 13.4. The third-order valence-corrected chi connectivity index (χ3v) is 17.3. The molecule has 17 unspecified atom stereocenters. The molecule has 17 atom stereocenters. The number of rotatable bonds is 55. The van der Waals surface area contributed by atoms with E-state index in [1.165, 1.54) is 77.0 Å². The maximum absolute atomic E-state index is 13.4. The number of nitrogens with one attached hydrogen (secondary N) is 1. The van der Waals surface area contributed by atoms with Gasteiger partial charge in [-0.15, -0.1) is 0 Å². The van der Waals surface area contributed by atoms with Crippen LogP contribution in [0.4, 0.5) is 0 Å². The highest BCUT2D eigenvalue weighted by Gasteiger charge is 2.53. The van der Waals surface area contributed by atoms with Crippen LogP contribution in [0.15, 0.2) is 146 Å². The van der Waals surface area contributed by atoms with Crippen molar-refractivity contribution >= 4 is 5.91 Å². The highest BCUT2D eigenvalue weighted by atomic mass is 16.8. The van der Waals surface area contributed by atoms with Crippen molar-refractivity contribution in [1.29, 1.82) is 0 Å². The summed E-state index contributed by atoms with van der Waals surface area (Å²) in [6.45, 7) is 1.55. The number of unbranched alkanes of at least 4 members (excludes halogenated alkanes) is 17. The summed E-state index contributed by atoms with van der Waals surface area (Å²) in [6, 6.07) is -1.03. The number of ether oxygens (including phenoxy) is 6. The summed E-state index contributed by atoms with van der Waals surface area (Å²) >= 11 is 0. The summed E-state index contributed by atoms with van der Waals surface area (Å²) in [4.78, 5) is 13.4. The van der Waals surface area contributed by atoms with Gasteiger partial charge in [0.2, 0.25) is 5.91 Å². The molecule has 0 saturated carbocycles. The molecular formula is C79H129NO18. The molecule has 1 amide bonds. The van der Waals surface area contributed by atoms with Gasteiger partial charge in [-0.3, -0.25) is 4.79 Å². The zero-order valence-electron chi connectivity index (χ0n) is 59.2. The van der Waals surface area contributed by atoms with Crippen LogP contribution in [0.2, 0.25) is 0 Å². The number of amides is 1. The highest BCUT2D eigenvalue weighted by molar-refractivity contribution is 5.76. The van der Waals surface area contributed by atoms with Crippen LogP contribution in [-0.2, 0) is 33.2 Å². The van der Waals surface area contributed by atoms with Crippen molar-refractivity contribution in [2.24, 2.45) is 0 Å². The zero-order chi connectivity index (χ0) is 71.1. The van der Waals surface area contributed by atoms with Crippen molar-refractivity contribution in [2.75, 3.05) is 26.4 Å². The average Bonchev–Trinajstić information content (AvgIpc) is 0.785. The summed E-state index contributed by atoms with van der Waals surface area (Å²) in [5, 5.41) is 121. The highest BCUT2D eigenvalue weighted by Crippen LogP contribution is 2.33. The molecule has 12 N–H and O–H groups in total. The molecule has 0 aromatic heterocycles. The Labute approximate surface area is 587 Å². The Balaban J connectivity index is 1.45. The lowest BCUT2D eigenvalue weighted by Crippen LogP contribution is -2.66. The minimum Gasteiger partial charge on any atom is -0.394 e. The summed E-state index contributed by atoms with van der Waals surface area (Å²) in [6.07, 6.45) is 56.7. The molecule has 3 aliphatic heterocycles. The molecule has 3 fully saturated rings. The van der Waals surface area contributed by atoms with Crippen molar-refractivity contribution in [3.05, 3.63) is 146 Å². The molecule has 0 bridgehead atoms. The number of carbonyl (C=O) groups excluding carboxylic acids is 1. The Hall–Kier alpha value is -4.33. The fourth-order valence-corrected chi connectivity index (χ4v) is 11.4. The second-order valence-corrected chi connectivity index (χ2v) is 25.6. The first-order chi connectivity index (χ1) is 47.8. The van der Waals surface area contributed by atoms with Gasteiger partial charge in [-0.2, -0.15) is 0 Å². The average molecular weight is 1380 g/mol. The lowest BCUT2D eigenvalue weighted by atomic mass is 9.96. The molecule has 98 heavy (non-hydrogen) atoms. The van der Waals surface area contributed by atoms with E-state index in [-0.39, 0.29) is 12.3 Å². The number of aliphatic hydroxyl groups is 11. The van der Waals surface area contributed by atoms with Crippen LogP contribution in [0, 0.1) is 0 Å². The standard InChI is InChI=1S/C79H129NO18/c1-3-5-7-9-11-13-15-17-19-21-23-25-27-28-29-30-31-32-33-34-35-37-39-41-43-45-47-49-51-53-55-57-67(85)80-62(63(84)56-54-52-50-48-46-44-42-40-38-36-26-24-22-20-18-16-14-12-10-8-6-4-2)61-93-77-73(91)70(88)75(65(59-82)95-77)98-79-74(92)71(89)76(66(60-83)96-79)97-78-72(90)69(87)68(86)64(58-81)94-78/h5,7,11,13,17,19,23,25,28-29,31-32,34-35,38-41,45-48,54,56,62-66,68-79,81-84,86-92H,3-4,6,8-10,12,14-16,18,20-22,24,26-27,30,33,36-37,42-44,49-53,55,57-61H2,1-2H3,(H,80,85)/b7-5-,13-11-,19-17-,25-23-,29-28-,32-31-,35-34-,40-38+,41-39-,47-45-,48-46+,56-54+. The number of carbonyl (C=O) groups is 1. The molecule has 0 aromatic rings. The zero-order valence-corrected chi connectivity index (χ0v) is 59.2. The van der Waals surface area contributed by atoms with E-state index in [1.807, 2.05) is 6.08 Å². The van der Waals surface area contributed by atoms with E-state index in [1.54, 1.807) is 6.08 Å². The second-order valence-electron chi connectivity index (χ2n) is 25.6. The SMILES string of the molecule is CC/C=C\C/C=C\C/C=C\C/C=C\C/C=C\C/C=C\C/C=C\C/C=C\C/C=C\CCCCCC(=O)NC(COC1OC(CO)C(OC2OC(CO)C(OC3OC(CO)C(O)C(O)C3O)C(O)C2O)C(O)C1O)C(O)/C=C/CC/C=C/CC/C=C/CCCCCCCCCCCCCC. The summed E-state index contributed by atoms with van der Waals surface area (Å²) in [5.41, 5.74) is 0. The van der Waals surface area contributed by atoms with Crippen molar-refractivity contribution in [1.82, 2.24) is 5.32 Å². The Bertz CT molecular complexity index is 2340. The molecule has 19 heteroatoms. The Morgan fingerprint density at radius 3 is 1.14 bits per heavy atom. The monoisotopic (exact) mass is 1380 g/mol. The fourth-order valence-electron chi connectivity index (χ4n) is 11.4. The molecule has 0 spiro atoms. The minimum absolute atomic E-state index is 0.181. The first kappa shape index (κ1) is 87.9. The lowest BCUT2D eigenvalue weighted by Gasteiger charge is -2.48. The van der Waals surface area contributed by atoms with Crippen molar-refractivity contribution < 1.29 is 89.4 Å². The number of hydrogen-bond acceptors (Lipinski definition) is 18. The van der Waals surface area contributed by atoms with Gasteiger partial charge in [0.25, 0.3) is 0 Å². The number of aliphatic hydroxyl groups excluding tert-OH is 11. The van der Waals surface area contributed by atoms with Crippen LogP contribution in [0.1, 0.15) is 213 Å². The Morgan fingerprint density at radius 2 is 0.714 bits per heavy atom. The molecular weight excluding hydrogens is 1250 g/mol. The molecule has 3 aliphatic rings. The van der Waals surface area contributed by atoms with E-state index in [2.05, 4.69) is 153 Å². The molecule has 0 radical (unpaired) electrons. The first-order valence-electron chi connectivity index (χ1n) is 37.1. The van der Waals surface area contributed by atoms with E-state index in [0.29, 0.717) is 12.8 Å². The van der Waals surface area contributed by atoms with Gasteiger partial charge in [0.05, 0.1) is 38.6 Å². The summed E-state index contributed by atoms with van der Waals surface area (Å²) in [5.74, 6) is -0.328. The number of hydrogen-bond donors (Lipinski definition) is 12. The van der Waals surface area contributed by atoms with Gasteiger partial charge in [-0.05, 0) is 116 Å². The van der Waals surface area contributed by atoms with E-state index in [0.717, 1.165) is 103 Å². The van der Waals surface area contributed by atoms with Gasteiger partial charge in [-0.1, -0.05) is 237 Å². The van der Waals surface area contributed by atoms with Crippen LogP contribution in [0.25, 0.3) is 0 Å². The third kappa shape index (κ3) is 38.6. The van der Waals surface area contributed by atoms with Gasteiger partial charge in [0.15, 0.2) is 18.9 Å². The smallest absolute Gasteiger partial charge is 0.220 e. The van der Waals surface area contributed by atoms with Gasteiger partial charge in [0, 0.05) is 6.42 Å². The molecule has 0 aliphatic carbocycles. The van der Waals surface area contributed by atoms with E-state index < -0.39 is 131 Å². The van der Waals surface area contributed by atoms with Gasteiger partial charge >= 0.3 is 0 Å². The van der Waals surface area contributed by atoms with Gasteiger partial charge in [0.1, 0.15) is 73.2 Å². The van der Waals surface area contributed by atoms with Crippen molar-refractivity contribution in [2.45, 2.75) is 317 Å². The largest absolute Gasteiger partial charge is 0.394 e. The van der Waals surface area contributed by atoms with Crippen molar-refractivity contribution in [3.63, 3.8) is 0 Å². The lowest BCUT2D eigenvalue weighted by molar-refractivity contribution is -0.379. The van der Waals surface area contributed by atoms with Gasteiger partial charge in [-0.25, -0.2) is 0 Å². The molecule has 558 valence electrons. The Kier molecular flexibility index (Phi) is 52.2. The maximum Gasteiger partial charge on any atom is 0.220 e. The number of allylic oxidation sites excluding steroid dienone is 23.